The first-order valence-electron chi connectivity index (χ1n) is 6.74. The van der Waals surface area contributed by atoms with Crippen LogP contribution in [-0.4, -0.2) is 34.9 Å². The number of hydrogen-bond acceptors (Lipinski definition) is 3. The molecular weight excluding hydrogens is 277 g/mol. The van der Waals surface area contributed by atoms with Crippen molar-refractivity contribution in [3.05, 3.63) is 30.1 Å². The third-order valence-electron chi connectivity index (χ3n) is 2.91. The molecule has 1 aliphatic rings. The van der Waals surface area contributed by atoms with Crippen molar-refractivity contribution in [3.8, 4) is 0 Å². The van der Waals surface area contributed by atoms with E-state index in [1.54, 1.807) is 28.8 Å². The number of likely N-dealkylation sites (tertiary alicyclic amines) is 1. The van der Waals surface area contributed by atoms with Gasteiger partial charge in [-0.3, -0.25) is 0 Å². The Morgan fingerprint density at radius 3 is 2.60 bits per heavy atom. The molecule has 1 aromatic rings. The Kier molecular flexibility index (Phi) is 4.58. The largest absolute Gasteiger partial charge is 0.444 e. The highest BCUT2D eigenvalue weighted by atomic mass is 32.2. The van der Waals surface area contributed by atoms with Gasteiger partial charge >= 0.3 is 6.09 Å². The van der Waals surface area contributed by atoms with Crippen molar-refractivity contribution in [3.63, 3.8) is 0 Å². The Hall–Kier alpha value is -1.23. The fraction of sp³-hybridized carbons (Fsp3) is 0.533. The van der Waals surface area contributed by atoms with Crippen molar-refractivity contribution in [1.29, 1.82) is 0 Å². The van der Waals surface area contributed by atoms with E-state index in [2.05, 4.69) is 0 Å². The van der Waals surface area contributed by atoms with E-state index in [9.17, 15) is 9.18 Å². The molecule has 20 heavy (non-hydrogen) atoms. The third-order valence-corrected chi connectivity index (χ3v) is 4.18. The first-order valence-corrected chi connectivity index (χ1v) is 7.61. The number of hydrogen-bond donors (Lipinski definition) is 0. The number of rotatable bonds is 2. The van der Waals surface area contributed by atoms with Gasteiger partial charge in [0.15, 0.2) is 0 Å². The Bertz CT molecular complexity index is 470. The molecule has 0 spiro atoms. The predicted molar refractivity (Wildman–Crippen MR) is 78.5 cm³/mol. The van der Waals surface area contributed by atoms with Gasteiger partial charge in [-0.05, 0) is 51.5 Å². The molecule has 0 aliphatic carbocycles. The van der Waals surface area contributed by atoms with E-state index in [4.69, 9.17) is 4.74 Å². The lowest BCUT2D eigenvalue weighted by atomic mass is 10.2. The fourth-order valence-corrected chi connectivity index (χ4v) is 3.18. The van der Waals surface area contributed by atoms with Crippen molar-refractivity contribution in [2.75, 3.05) is 13.1 Å². The van der Waals surface area contributed by atoms with Crippen molar-refractivity contribution in [2.45, 2.75) is 42.9 Å². The second-order valence-electron chi connectivity index (χ2n) is 5.91. The quantitative estimate of drug-likeness (QED) is 0.828. The summed E-state index contributed by atoms with van der Waals surface area (Å²) in [4.78, 5) is 14.7. The van der Waals surface area contributed by atoms with Crippen LogP contribution in [0, 0.1) is 5.82 Å². The number of amides is 1. The van der Waals surface area contributed by atoms with Crippen LogP contribution in [0.2, 0.25) is 0 Å². The molecule has 1 atom stereocenters. The van der Waals surface area contributed by atoms with E-state index in [1.165, 1.54) is 12.1 Å². The molecule has 0 N–H and O–H groups in total. The maximum atomic E-state index is 12.8. The van der Waals surface area contributed by atoms with E-state index in [0.29, 0.717) is 18.3 Å². The molecule has 0 unspecified atom stereocenters. The molecule has 0 bridgehead atoms. The van der Waals surface area contributed by atoms with Gasteiger partial charge in [-0.15, -0.1) is 11.8 Å². The number of carbonyl (C=O) groups is 1. The predicted octanol–water partition coefficient (Wildman–Crippen LogP) is 3.93. The molecule has 0 radical (unpaired) electrons. The van der Waals surface area contributed by atoms with Gasteiger partial charge in [-0.2, -0.15) is 0 Å². The zero-order valence-corrected chi connectivity index (χ0v) is 12.9. The summed E-state index contributed by atoms with van der Waals surface area (Å²) >= 11 is 1.68. The molecule has 2 rings (SSSR count). The van der Waals surface area contributed by atoms with Gasteiger partial charge in [-0.1, -0.05) is 0 Å². The molecule has 3 nitrogen and oxygen atoms in total. The summed E-state index contributed by atoms with van der Waals surface area (Å²) in [5.74, 6) is -0.226. The minimum atomic E-state index is -0.459. The SMILES string of the molecule is CC(C)(C)OC(=O)N1CC[C@@H](Sc2ccc(F)cc2)C1. The average molecular weight is 297 g/mol. The summed E-state index contributed by atoms with van der Waals surface area (Å²) in [5, 5.41) is 0.341. The highest BCUT2D eigenvalue weighted by Gasteiger charge is 2.30. The minimum Gasteiger partial charge on any atom is -0.444 e. The topological polar surface area (TPSA) is 29.5 Å². The molecule has 0 saturated carbocycles. The van der Waals surface area contributed by atoms with Crippen LogP contribution in [0.15, 0.2) is 29.2 Å². The first-order chi connectivity index (χ1) is 9.33. The van der Waals surface area contributed by atoms with Crippen molar-refractivity contribution in [2.24, 2.45) is 0 Å². The molecule has 1 heterocycles. The monoisotopic (exact) mass is 297 g/mol. The van der Waals surface area contributed by atoms with Gasteiger partial charge in [-0.25, -0.2) is 9.18 Å². The summed E-state index contributed by atoms with van der Waals surface area (Å²) in [6.07, 6.45) is 0.682. The van der Waals surface area contributed by atoms with E-state index in [1.807, 2.05) is 20.8 Å². The summed E-state index contributed by atoms with van der Waals surface area (Å²) in [6, 6.07) is 6.47. The lowest BCUT2D eigenvalue weighted by molar-refractivity contribution is 0.0295. The van der Waals surface area contributed by atoms with Crippen molar-refractivity contribution < 1.29 is 13.9 Å². The number of nitrogens with zero attached hydrogens (tertiary/aromatic N) is 1. The molecule has 1 amide bonds. The van der Waals surface area contributed by atoms with Crippen LogP contribution in [0.5, 0.6) is 0 Å². The smallest absolute Gasteiger partial charge is 0.410 e. The normalized spacial score (nSPS) is 19.2. The lowest BCUT2D eigenvalue weighted by Crippen LogP contribution is -2.35. The number of benzene rings is 1. The van der Waals surface area contributed by atoms with Crippen LogP contribution in [0.4, 0.5) is 9.18 Å². The van der Waals surface area contributed by atoms with Gasteiger partial charge < -0.3 is 9.64 Å². The van der Waals surface area contributed by atoms with Gasteiger partial charge in [0.05, 0.1) is 0 Å². The second-order valence-corrected chi connectivity index (χ2v) is 7.28. The number of halogens is 1. The molecule has 1 fully saturated rings. The van der Waals surface area contributed by atoms with Gasteiger partial charge in [0.1, 0.15) is 11.4 Å². The number of carbonyl (C=O) groups excluding carboxylic acids is 1. The van der Waals surface area contributed by atoms with E-state index < -0.39 is 5.60 Å². The maximum absolute atomic E-state index is 12.8. The zero-order valence-electron chi connectivity index (χ0n) is 12.1. The highest BCUT2D eigenvalue weighted by Crippen LogP contribution is 2.30. The van der Waals surface area contributed by atoms with Gasteiger partial charge in [0, 0.05) is 23.2 Å². The van der Waals surface area contributed by atoms with Crippen molar-refractivity contribution in [1.82, 2.24) is 4.90 Å². The Labute approximate surface area is 123 Å². The molecular formula is C15H20FNO2S. The van der Waals surface area contributed by atoms with Gasteiger partial charge in [0.25, 0.3) is 0 Å². The second kappa shape index (κ2) is 6.04. The van der Waals surface area contributed by atoms with Crippen molar-refractivity contribution >= 4 is 17.9 Å². The minimum absolute atomic E-state index is 0.226. The van der Waals surface area contributed by atoms with Gasteiger partial charge in [0.2, 0.25) is 0 Å². The third kappa shape index (κ3) is 4.40. The van der Waals surface area contributed by atoms with Crippen LogP contribution in [0.25, 0.3) is 0 Å². The number of thioether (sulfide) groups is 1. The standard InChI is InChI=1S/C15H20FNO2S/c1-15(2,3)19-14(18)17-9-8-13(10-17)20-12-6-4-11(16)5-7-12/h4-7,13H,8-10H2,1-3H3/t13-/m1/s1. The molecule has 110 valence electrons. The first kappa shape index (κ1) is 15.2. The lowest BCUT2D eigenvalue weighted by Gasteiger charge is -2.24. The van der Waals surface area contributed by atoms with E-state index in [-0.39, 0.29) is 11.9 Å². The average Bonchev–Trinajstić information content (AvgIpc) is 2.79. The summed E-state index contributed by atoms with van der Waals surface area (Å²) in [6.45, 7) is 6.99. The zero-order chi connectivity index (χ0) is 14.8. The van der Waals surface area contributed by atoms with Crippen LogP contribution in [0.3, 0.4) is 0 Å². The van der Waals surface area contributed by atoms with Crippen LogP contribution < -0.4 is 0 Å². The maximum Gasteiger partial charge on any atom is 0.410 e. The fourth-order valence-electron chi connectivity index (χ4n) is 2.02. The Morgan fingerprint density at radius 1 is 1.35 bits per heavy atom. The van der Waals surface area contributed by atoms with E-state index >= 15 is 0 Å². The van der Waals surface area contributed by atoms with E-state index in [0.717, 1.165) is 11.3 Å². The Morgan fingerprint density at radius 2 is 2.00 bits per heavy atom. The number of ether oxygens (including phenoxy) is 1. The van der Waals surface area contributed by atoms with Crippen LogP contribution in [0.1, 0.15) is 27.2 Å². The Balaban J connectivity index is 1.86. The molecule has 5 heteroatoms. The summed E-state index contributed by atoms with van der Waals surface area (Å²) in [7, 11) is 0. The van der Waals surface area contributed by atoms with Crippen LogP contribution in [-0.2, 0) is 4.74 Å². The summed E-state index contributed by atoms with van der Waals surface area (Å²) < 4.78 is 18.2. The molecule has 1 aromatic carbocycles. The molecule has 0 aromatic heterocycles. The molecule has 1 saturated heterocycles. The summed E-state index contributed by atoms with van der Waals surface area (Å²) in [5.41, 5.74) is -0.459. The van der Waals surface area contributed by atoms with Crippen LogP contribution >= 0.6 is 11.8 Å². The highest BCUT2D eigenvalue weighted by molar-refractivity contribution is 8.00. The molecule has 1 aliphatic heterocycles.